The highest BCUT2D eigenvalue weighted by Gasteiger charge is 2.13. The molecule has 0 aliphatic carbocycles. The Labute approximate surface area is 111 Å². The maximum Gasteiger partial charge on any atom is 0.124 e. The molecule has 0 amide bonds. The van der Waals surface area contributed by atoms with Gasteiger partial charge in [-0.1, -0.05) is 26.3 Å². The number of rotatable bonds is 8. The molecule has 0 aromatic heterocycles. The molecule has 1 aromatic rings. The van der Waals surface area contributed by atoms with Crippen LogP contribution >= 0.6 is 0 Å². The van der Waals surface area contributed by atoms with Gasteiger partial charge in [-0.05, 0) is 37.6 Å². The summed E-state index contributed by atoms with van der Waals surface area (Å²) in [4.78, 5) is 0.578. The van der Waals surface area contributed by atoms with Crippen LogP contribution in [0, 0.1) is 5.82 Å². The monoisotopic (exact) mass is 271 g/mol. The van der Waals surface area contributed by atoms with E-state index in [-0.39, 0.29) is 11.9 Å². The smallest absolute Gasteiger partial charge is 0.124 e. The van der Waals surface area contributed by atoms with Gasteiger partial charge in [-0.15, -0.1) is 0 Å². The number of hydrogen-bond donors (Lipinski definition) is 1. The van der Waals surface area contributed by atoms with Crippen molar-refractivity contribution in [1.82, 2.24) is 5.32 Å². The highest BCUT2D eigenvalue weighted by Crippen LogP contribution is 2.11. The van der Waals surface area contributed by atoms with Gasteiger partial charge in [0.25, 0.3) is 0 Å². The lowest BCUT2D eigenvalue weighted by atomic mass is 10.2. The van der Waals surface area contributed by atoms with Crippen molar-refractivity contribution < 1.29 is 8.60 Å². The van der Waals surface area contributed by atoms with E-state index in [0.29, 0.717) is 10.6 Å². The number of halogens is 1. The van der Waals surface area contributed by atoms with Crippen LogP contribution in [0.3, 0.4) is 0 Å². The molecule has 2 nitrogen and oxygen atoms in total. The predicted molar refractivity (Wildman–Crippen MR) is 74.7 cm³/mol. The summed E-state index contributed by atoms with van der Waals surface area (Å²) < 4.78 is 25.2. The molecule has 1 rings (SSSR count). The lowest BCUT2D eigenvalue weighted by molar-refractivity contribution is 0.510. The molecule has 0 saturated heterocycles. The molecule has 102 valence electrons. The van der Waals surface area contributed by atoms with Crippen LogP contribution in [-0.4, -0.2) is 22.5 Å². The molecule has 0 saturated carbocycles. The van der Waals surface area contributed by atoms with Crippen molar-refractivity contribution in [2.75, 3.05) is 12.3 Å². The van der Waals surface area contributed by atoms with Crippen molar-refractivity contribution in [2.24, 2.45) is 0 Å². The molecule has 0 aliphatic heterocycles. The lowest BCUT2D eigenvalue weighted by Gasteiger charge is -2.17. The maximum atomic E-state index is 13.1. The Kier molecular flexibility index (Phi) is 7.13. The highest BCUT2D eigenvalue weighted by atomic mass is 32.2. The third kappa shape index (κ3) is 5.27. The molecule has 0 aliphatic rings. The third-order valence-electron chi connectivity index (χ3n) is 2.73. The van der Waals surface area contributed by atoms with Crippen molar-refractivity contribution in [3.05, 3.63) is 30.1 Å². The standard InChI is InChI=1S/C14H22FNOS/c1-3-6-13(16-9-4-2)11-18(17)14-8-5-7-12(15)10-14/h5,7-8,10,13,16H,3-4,6,9,11H2,1-2H3. The van der Waals surface area contributed by atoms with Crippen molar-refractivity contribution in [2.45, 2.75) is 44.0 Å². The third-order valence-corrected chi connectivity index (χ3v) is 4.22. The van der Waals surface area contributed by atoms with E-state index in [4.69, 9.17) is 0 Å². The Hall–Kier alpha value is -0.740. The van der Waals surface area contributed by atoms with Crippen molar-refractivity contribution >= 4 is 10.8 Å². The number of benzene rings is 1. The van der Waals surface area contributed by atoms with Crippen molar-refractivity contribution in [3.63, 3.8) is 0 Å². The second-order valence-corrected chi connectivity index (χ2v) is 5.91. The first-order valence-corrected chi connectivity index (χ1v) is 7.86. The minimum absolute atomic E-state index is 0.249. The first kappa shape index (κ1) is 15.3. The van der Waals surface area contributed by atoms with Gasteiger partial charge in [-0.2, -0.15) is 0 Å². The van der Waals surface area contributed by atoms with E-state index in [1.165, 1.54) is 12.1 Å². The Balaban J connectivity index is 2.59. The Morgan fingerprint density at radius 3 is 2.72 bits per heavy atom. The van der Waals surface area contributed by atoms with Gasteiger partial charge in [0, 0.05) is 16.7 Å². The molecule has 0 fully saturated rings. The zero-order valence-electron chi connectivity index (χ0n) is 11.1. The van der Waals surface area contributed by atoms with E-state index in [1.54, 1.807) is 12.1 Å². The number of hydrogen-bond acceptors (Lipinski definition) is 2. The molecular formula is C14H22FNOS. The second-order valence-electron chi connectivity index (χ2n) is 4.41. The van der Waals surface area contributed by atoms with E-state index in [1.807, 2.05) is 0 Å². The summed E-state index contributed by atoms with van der Waals surface area (Å²) in [7, 11) is -1.13. The van der Waals surface area contributed by atoms with E-state index < -0.39 is 10.8 Å². The summed E-state index contributed by atoms with van der Waals surface area (Å²) in [5, 5.41) is 3.40. The van der Waals surface area contributed by atoms with Gasteiger partial charge in [0.15, 0.2) is 0 Å². The van der Waals surface area contributed by atoms with Gasteiger partial charge in [0.1, 0.15) is 5.82 Å². The number of nitrogens with one attached hydrogen (secondary N) is 1. The molecule has 0 spiro atoms. The molecule has 0 bridgehead atoms. The van der Waals surface area contributed by atoms with Gasteiger partial charge in [0.2, 0.25) is 0 Å². The minimum Gasteiger partial charge on any atom is -0.313 e. The molecule has 4 heteroatoms. The van der Waals surface area contributed by atoms with Crippen LogP contribution in [0.4, 0.5) is 4.39 Å². The fraction of sp³-hybridized carbons (Fsp3) is 0.571. The predicted octanol–water partition coefficient (Wildman–Crippen LogP) is 3.10. The van der Waals surface area contributed by atoms with Crippen molar-refractivity contribution in [3.8, 4) is 0 Å². The summed E-state index contributed by atoms with van der Waals surface area (Å²) >= 11 is 0. The SMILES string of the molecule is CCCNC(CCC)CS(=O)c1cccc(F)c1. The summed E-state index contributed by atoms with van der Waals surface area (Å²) in [6, 6.07) is 6.32. The van der Waals surface area contributed by atoms with Crippen LogP contribution in [0.25, 0.3) is 0 Å². The van der Waals surface area contributed by atoms with E-state index in [2.05, 4.69) is 19.2 Å². The Bertz CT molecular complexity index is 384. The van der Waals surface area contributed by atoms with Crippen LogP contribution in [0.2, 0.25) is 0 Å². The molecular weight excluding hydrogens is 249 g/mol. The highest BCUT2D eigenvalue weighted by molar-refractivity contribution is 7.85. The first-order chi connectivity index (χ1) is 8.67. The molecule has 1 aromatic carbocycles. The second kappa shape index (κ2) is 8.38. The molecule has 0 heterocycles. The van der Waals surface area contributed by atoms with E-state index >= 15 is 0 Å². The van der Waals surface area contributed by atoms with Gasteiger partial charge < -0.3 is 5.32 Å². The van der Waals surface area contributed by atoms with Crippen LogP contribution in [0.15, 0.2) is 29.2 Å². The summed E-state index contributed by atoms with van der Waals surface area (Å²) in [5.74, 6) is 0.228. The summed E-state index contributed by atoms with van der Waals surface area (Å²) in [5.41, 5.74) is 0. The van der Waals surface area contributed by atoms with Gasteiger partial charge >= 0.3 is 0 Å². The minimum atomic E-state index is -1.13. The topological polar surface area (TPSA) is 29.1 Å². The average Bonchev–Trinajstić information content (AvgIpc) is 2.36. The fourth-order valence-electron chi connectivity index (χ4n) is 1.83. The normalized spacial score (nSPS) is 14.4. The molecule has 18 heavy (non-hydrogen) atoms. The molecule has 2 unspecified atom stereocenters. The van der Waals surface area contributed by atoms with Gasteiger partial charge in [0.05, 0.1) is 10.8 Å². The maximum absolute atomic E-state index is 13.1. The van der Waals surface area contributed by atoms with Gasteiger partial charge in [-0.3, -0.25) is 4.21 Å². The Morgan fingerprint density at radius 1 is 1.33 bits per heavy atom. The molecule has 1 N–H and O–H groups in total. The van der Waals surface area contributed by atoms with Crippen LogP contribution in [0.1, 0.15) is 33.1 Å². The van der Waals surface area contributed by atoms with E-state index in [9.17, 15) is 8.60 Å². The summed E-state index contributed by atoms with van der Waals surface area (Å²) in [6.45, 7) is 5.16. The van der Waals surface area contributed by atoms with Crippen LogP contribution in [0.5, 0.6) is 0 Å². The lowest BCUT2D eigenvalue weighted by Crippen LogP contribution is -2.34. The van der Waals surface area contributed by atoms with Crippen LogP contribution in [-0.2, 0) is 10.8 Å². The molecule has 0 radical (unpaired) electrons. The Morgan fingerprint density at radius 2 is 2.11 bits per heavy atom. The largest absolute Gasteiger partial charge is 0.313 e. The van der Waals surface area contributed by atoms with Gasteiger partial charge in [-0.25, -0.2) is 4.39 Å². The fourth-order valence-corrected chi connectivity index (χ4v) is 3.15. The quantitative estimate of drug-likeness (QED) is 0.787. The van der Waals surface area contributed by atoms with E-state index in [0.717, 1.165) is 25.8 Å². The molecule has 2 atom stereocenters. The zero-order valence-corrected chi connectivity index (χ0v) is 11.9. The zero-order chi connectivity index (χ0) is 13.4. The van der Waals surface area contributed by atoms with Crippen LogP contribution < -0.4 is 5.32 Å². The average molecular weight is 271 g/mol. The first-order valence-electron chi connectivity index (χ1n) is 6.54. The summed E-state index contributed by atoms with van der Waals surface area (Å²) in [6.07, 6.45) is 3.12. The van der Waals surface area contributed by atoms with Crippen molar-refractivity contribution in [1.29, 1.82) is 0 Å².